The highest BCUT2D eigenvalue weighted by molar-refractivity contribution is 6.02. The Kier molecular flexibility index (Phi) is 3.42. The smallest absolute Gasteiger partial charge is 0.170 e. The predicted molar refractivity (Wildman–Crippen MR) is 90.0 cm³/mol. The van der Waals surface area contributed by atoms with E-state index in [1.165, 1.54) is 48.0 Å². The van der Waals surface area contributed by atoms with Gasteiger partial charge in [-0.2, -0.15) is 0 Å². The quantitative estimate of drug-likeness (QED) is 0.678. The van der Waals surface area contributed by atoms with Crippen LogP contribution in [0.1, 0.15) is 59.5 Å². The third kappa shape index (κ3) is 2.21. The average molecular weight is 288 g/mol. The van der Waals surface area contributed by atoms with E-state index in [0.717, 1.165) is 12.0 Å². The van der Waals surface area contributed by atoms with Gasteiger partial charge < -0.3 is 0 Å². The van der Waals surface area contributed by atoms with E-state index in [9.17, 15) is 4.79 Å². The molecule has 0 radical (unpaired) electrons. The molecule has 0 N–H and O–H groups in total. The normalized spacial score (nSPS) is 20.3. The second-order valence-corrected chi connectivity index (χ2v) is 6.36. The maximum Gasteiger partial charge on any atom is 0.170 e. The Labute approximate surface area is 131 Å². The summed E-state index contributed by atoms with van der Waals surface area (Å²) in [4.78, 5) is 13.0. The molecular weight excluding hydrogens is 268 g/mol. The summed E-state index contributed by atoms with van der Waals surface area (Å²) < 4.78 is 0. The fourth-order valence-corrected chi connectivity index (χ4v) is 3.99. The lowest BCUT2D eigenvalue weighted by Crippen LogP contribution is -2.20. The molecule has 22 heavy (non-hydrogen) atoms. The molecule has 1 nitrogen and oxygen atoms in total. The minimum atomic E-state index is -0.00421. The van der Waals surface area contributed by atoms with Gasteiger partial charge in [0, 0.05) is 5.56 Å². The van der Waals surface area contributed by atoms with Crippen molar-refractivity contribution in [3.63, 3.8) is 0 Å². The van der Waals surface area contributed by atoms with Crippen LogP contribution in [0.15, 0.2) is 60.2 Å². The van der Waals surface area contributed by atoms with Gasteiger partial charge >= 0.3 is 0 Å². The zero-order valence-corrected chi connectivity index (χ0v) is 12.7. The van der Waals surface area contributed by atoms with Gasteiger partial charge in [0.1, 0.15) is 0 Å². The third-order valence-corrected chi connectivity index (χ3v) is 5.07. The lowest BCUT2D eigenvalue weighted by Gasteiger charge is -2.32. The summed E-state index contributed by atoms with van der Waals surface area (Å²) in [5.74, 6) is 0.264. The summed E-state index contributed by atoms with van der Waals surface area (Å²) >= 11 is 0. The Morgan fingerprint density at radius 3 is 2.45 bits per heavy atom. The average Bonchev–Trinajstić information content (AvgIpc) is 2.61. The molecule has 2 aromatic rings. The van der Waals surface area contributed by atoms with Crippen LogP contribution >= 0.6 is 0 Å². The molecule has 0 amide bonds. The van der Waals surface area contributed by atoms with Gasteiger partial charge in [-0.1, -0.05) is 60.2 Å². The van der Waals surface area contributed by atoms with Gasteiger partial charge in [-0.15, -0.1) is 0 Å². The molecule has 2 aromatic carbocycles. The van der Waals surface area contributed by atoms with Gasteiger partial charge in [0.05, 0.1) is 5.92 Å². The van der Waals surface area contributed by atoms with Crippen LogP contribution in [-0.4, -0.2) is 5.78 Å². The number of allylic oxidation sites excluding steroid dienone is 2. The van der Waals surface area contributed by atoms with Crippen LogP contribution in [0, 0.1) is 0 Å². The van der Waals surface area contributed by atoms with Crippen molar-refractivity contribution in [2.75, 3.05) is 0 Å². The van der Waals surface area contributed by atoms with Crippen molar-refractivity contribution in [2.24, 2.45) is 0 Å². The van der Waals surface area contributed by atoms with E-state index in [4.69, 9.17) is 0 Å². The molecule has 0 fully saturated rings. The number of carbonyl (C=O) groups excluding carboxylic acids is 1. The van der Waals surface area contributed by atoms with Crippen molar-refractivity contribution in [1.82, 2.24) is 0 Å². The Morgan fingerprint density at radius 2 is 1.59 bits per heavy atom. The molecule has 4 rings (SSSR count). The van der Waals surface area contributed by atoms with E-state index in [1.807, 2.05) is 30.3 Å². The molecule has 1 heteroatoms. The summed E-state index contributed by atoms with van der Waals surface area (Å²) in [6.45, 7) is 0. The largest absolute Gasteiger partial charge is 0.293 e. The monoisotopic (exact) mass is 288 g/mol. The fourth-order valence-electron chi connectivity index (χ4n) is 3.99. The number of hydrogen-bond acceptors (Lipinski definition) is 1. The standard InChI is InChI=1S/C21H20O/c22-21(15-8-2-1-3-9-15)20-14-16-10-4-5-11-17(16)18-12-6-7-13-19(18)20/h1-3,6-9,12-13,20H,4-5,10-11,14H2. The predicted octanol–water partition coefficient (Wildman–Crippen LogP) is 5.38. The molecule has 1 unspecified atom stereocenters. The molecule has 0 saturated carbocycles. The molecule has 2 aliphatic carbocycles. The van der Waals surface area contributed by atoms with Gasteiger partial charge in [0.15, 0.2) is 5.78 Å². The van der Waals surface area contributed by atoms with Crippen LogP contribution in [0.25, 0.3) is 5.57 Å². The van der Waals surface area contributed by atoms with E-state index in [-0.39, 0.29) is 11.7 Å². The highest BCUT2D eigenvalue weighted by atomic mass is 16.1. The van der Waals surface area contributed by atoms with E-state index in [0.29, 0.717) is 0 Å². The van der Waals surface area contributed by atoms with Crippen molar-refractivity contribution < 1.29 is 4.79 Å². The molecule has 0 aliphatic heterocycles. The number of Topliss-reactive ketones (excluding diaryl/α,β-unsaturated/α-hetero) is 1. The van der Waals surface area contributed by atoms with Crippen molar-refractivity contribution in [3.05, 3.63) is 76.9 Å². The number of carbonyl (C=O) groups is 1. The fraction of sp³-hybridized carbons (Fsp3) is 0.286. The number of hydrogen-bond donors (Lipinski definition) is 0. The van der Waals surface area contributed by atoms with E-state index in [2.05, 4.69) is 24.3 Å². The third-order valence-electron chi connectivity index (χ3n) is 5.07. The maximum atomic E-state index is 13.0. The second-order valence-electron chi connectivity index (χ2n) is 6.36. The molecule has 0 saturated heterocycles. The van der Waals surface area contributed by atoms with Crippen LogP contribution in [-0.2, 0) is 0 Å². The minimum Gasteiger partial charge on any atom is -0.293 e. The summed E-state index contributed by atoms with van der Waals surface area (Å²) in [7, 11) is 0. The molecule has 0 bridgehead atoms. The van der Waals surface area contributed by atoms with Crippen LogP contribution in [0.3, 0.4) is 0 Å². The zero-order valence-electron chi connectivity index (χ0n) is 12.7. The van der Waals surface area contributed by atoms with E-state index in [1.54, 1.807) is 0 Å². The Hall–Kier alpha value is -2.15. The van der Waals surface area contributed by atoms with Crippen LogP contribution in [0.2, 0.25) is 0 Å². The highest BCUT2D eigenvalue weighted by Crippen LogP contribution is 2.45. The van der Waals surface area contributed by atoms with Crippen molar-refractivity contribution in [1.29, 1.82) is 0 Å². The number of rotatable bonds is 2. The molecule has 1 atom stereocenters. The topological polar surface area (TPSA) is 17.1 Å². The van der Waals surface area contributed by atoms with Crippen LogP contribution < -0.4 is 0 Å². The Morgan fingerprint density at radius 1 is 0.864 bits per heavy atom. The Bertz CT molecular complexity index is 740. The van der Waals surface area contributed by atoms with Gasteiger partial charge in [-0.05, 0) is 48.8 Å². The van der Waals surface area contributed by atoms with Crippen molar-refractivity contribution >= 4 is 11.4 Å². The summed E-state index contributed by atoms with van der Waals surface area (Å²) in [5.41, 5.74) is 6.45. The maximum absolute atomic E-state index is 13.0. The first-order valence-corrected chi connectivity index (χ1v) is 8.24. The second kappa shape index (κ2) is 5.57. The summed E-state index contributed by atoms with van der Waals surface area (Å²) in [6, 6.07) is 18.3. The van der Waals surface area contributed by atoms with Gasteiger partial charge in [0.25, 0.3) is 0 Å². The van der Waals surface area contributed by atoms with Crippen LogP contribution in [0.5, 0.6) is 0 Å². The molecule has 0 heterocycles. The lowest BCUT2D eigenvalue weighted by molar-refractivity contribution is 0.0957. The molecule has 2 aliphatic rings. The van der Waals surface area contributed by atoms with Gasteiger partial charge in [-0.25, -0.2) is 0 Å². The summed E-state index contributed by atoms with van der Waals surface area (Å²) in [6.07, 6.45) is 5.82. The van der Waals surface area contributed by atoms with E-state index < -0.39 is 0 Å². The first kappa shape index (κ1) is 13.5. The highest BCUT2D eigenvalue weighted by Gasteiger charge is 2.32. The molecular formula is C21H20O. The van der Waals surface area contributed by atoms with Gasteiger partial charge in [0.2, 0.25) is 0 Å². The zero-order chi connectivity index (χ0) is 14.9. The minimum absolute atomic E-state index is 0.00421. The van der Waals surface area contributed by atoms with E-state index >= 15 is 0 Å². The first-order chi connectivity index (χ1) is 10.8. The molecule has 0 aromatic heterocycles. The Balaban J connectivity index is 1.79. The number of fused-ring (bicyclic) bond motifs is 2. The SMILES string of the molecule is O=C(c1ccccc1)C1CC2=C(CCCC2)c2ccccc21. The molecule has 0 spiro atoms. The van der Waals surface area contributed by atoms with Crippen molar-refractivity contribution in [2.45, 2.75) is 38.0 Å². The first-order valence-electron chi connectivity index (χ1n) is 8.24. The van der Waals surface area contributed by atoms with Crippen LogP contribution in [0.4, 0.5) is 0 Å². The summed E-state index contributed by atoms with van der Waals surface area (Å²) in [5, 5.41) is 0. The van der Waals surface area contributed by atoms with Crippen molar-refractivity contribution in [3.8, 4) is 0 Å². The molecule has 110 valence electrons. The lowest BCUT2D eigenvalue weighted by atomic mass is 9.71. The number of benzene rings is 2. The van der Waals surface area contributed by atoms with Gasteiger partial charge in [-0.3, -0.25) is 4.79 Å². The number of ketones is 1.